The summed E-state index contributed by atoms with van der Waals surface area (Å²) in [6.07, 6.45) is 1.63. The van der Waals surface area contributed by atoms with Crippen molar-refractivity contribution in [2.75, 3.05) is 0 Å². The van der Waals surface area contributed by atoms with Crippen molar-refractivity contribution in [3.8, 4) is 0 Å². The van der Waals surface area contributed by atoms with Gasteiger partial charge in [0.05, 0.1) is 5.11 Å². The van der Waals surface area contributed by atoms with Gasteiger partial charge in [0.2, 0.25) is 5.70 Å². The lowest BCUT2D eigenvalue weighted by Crippen LogP contribution is -1.83. The van der Waals surface area contributed by atoms with Crippen molar-refractivity contribution in [3.05, 3.63) is 11.9 Å². The summed E-state index contributed by atoms with van der Waals surface area (Å²) in [6.45, 7) is 1.83. The predicted octanol–water partition coefficient (Wildman–Crippen LogP) is 1.02. The number of hydrogen-bond donors (Lipinski definition) is 0. The fraction of sp³-hybridized carbons (Fsp3) is 0.333. The summed E-state index contributed by atoms with van der Waals surface area (Å²) < 4.78 is 1.15. The molecule has 0 bridgehead atoms. The largest absolute Gasteiger partial charge is 0.220 e. The van der Waals surface area contributed by atoms with Crippen LogP contribution in [0.2, 0.25) is 0 Å². The van der Waals surface area contributed by atoms with Gasteiger partial charge >= 0.3 is 0 Å². The average Bonchev–Trinajstić information content (AvgIpc) is 1.87. The van der Waals surface area contributed by atoms with Gasteiger partial charge in [-0.3, -0.25) is 0 Å². The molecule has 37 valence electrons. The van der Waals surface area contributed by atoms with Crippen LogP contribution in [0.25, 0.3) is 0 Å². The number of nitrogens with zero attached hydrogens (tertiary/aromatic N) is 3. The second-order valence-corrected chi connectivity index (χ2v) is 1.59. The van der Waals surface area contributed by atoms with Crippen molar-refractivity contribution < 1.29 is 0 Å². The molecule has 1 aliphatic rings. The fourth-order valence-electron chi connectivity index (χ4n) is 0.319. The van der Waals surface area contributed by atoms with Gasteiger partial charge in [0.15, 0.2) is 23.2 Å². The minimum Gasteiger partial charge on any atom is -0.0278 e. The predicted molar refractivity (Wildman–Crippen MR) is 26.0 cm³/mol. The number of hydrogen-bond acceptors (Lipinski definition) is 3. The second kappa shape index (κ2) is 1.50. The van der Waals surface area contributed by atoms with Gasteiger partial charge in [0.1, 0.15) is 0 Å². The molecule has 0 unspecified atom stereocenters. The average molecular weight is 118 g/mol. The quantitative estimate of drug-likeness (QED) is 0.436. The topological polar surface area (TPSA) is 29.7 Å². The molecule has 0 N–H and O–H groups in total. The molecule has 0 saturated carbocycles. The first kappa shape index (κ1) is 4.59. The third kappa shape index (κ3) is 0.899. The molecular formula is C3H4ClN3+. The van der Waals surface area contributed by atoms with Crippen LogP contribution < -0.4 is 5.11 Å². The maximum atomic E-state index is 5.30. The lowest BCUT2D eigenvalue weighted by atomic mass is 10.6. The molecule has 0 aliphatic carbocycles. The Hall–Kier alpha value is -0.570. The van der Waals surface area contributed by atoms with E-state index in [0.29, 0.717) is 0 Å². The molecule has 0 aromatic rings. The van der Waals surface area contributed by atoms with Gasteiger partial charge in [-0.05, 0) is 4.53 Å². The van der Waals surface area contributed by atoms with Crippen molar-refractivity contribution in [2.45, 2.75) is 6.92 Å². The maximum absolute atomic E-state index is 5.30. The first-order valence-corrected chi connectivity index (χ1v) is 2.18. The first-order valence-electron chi connectivity index (χ1n) is 1.84. The number of allylic oxidation sites excluding steroid dienone is 1. The molecule has 0 fully saturated rings. The zero-order valence-corrected chi connectivity index (χ0v) is 4.55. The van der Waals surface area contributed by atoms with Crippen molar-refractivity contribution in [2.24, 2.45) is 5.22 Å². The molecular weight excluding hydrogens is 114 g/mol. The summed E-state index contributed by atoms with van der Waals surface area (Å²) in [5.41, 5.74) is 0.829. The van der Waals surface area contributed by atoms with Gasteiger partial charge in [-0.15, -0.1) is 0 Å². The van der Waals surface area contributed by atoms with E-state index in [4.69, 9.17) is 11.8 Å². The van der Waals surface area contributed by atoms with Crippen LogP contribution in [-0.2, 0) is 0 Å². The summed E-state index contributed by atoms with van der Waals surface area (Å²) in [4.78, 5) is 0. The van der Waals surface area contributed by atoms with E-state index in [1.54, 1.807) is 6.20 Å². The van der Waals surface area contributed by atoms with Crippen LogP contribution in [0.1, 0.15) is 6.92 Å². The van der Waals surface area contributed by atoms with E-state index < -0.39 is 0 Å². The van der Waals surface area contributed by atoms with Crippen LogP contribution in [0, 0.1) is 0 Å². The highest BCUT2D eigenvalue weighted by molar-refractivity contribution is 6.13. The summed E-state index contributed by atoms with van der Waals surface area (Å²) >= 11 is 5.30. The van der Waals surface area contributed by atoms with Crippen LogP contribution in [-0.4, -0.2) is 4.53 Å². The van der Waals surface area contributed by atoms with Gasteiger partial charge in [0.25, 0.3) is 0 Å². The van der Waals surface area contributed by atoms with Gasteiger partial charge in [0, 0.05) is 6.92 Å². The number of halogens is 1. The Bertz CT molecular complexity index is 128. The van der Waals surface area contributed by atoms with Gasteiger partial charge in [-0.2, -0.15) is 0 Å². The Morgan fingerprint density at radius 2 is 2.71 bits per heavy atom. The highest BCUT2D eigenvalue weighted by atomic mass is 35.5. The molecule has 7 heavy (non-hydrogen) atoms. The minimum absolute atomic E-state index is 0.829. The second-order valence-electron chi connectivity index (χ2n) is 1.25. The summed E-state index contributed by atoms with van der Waals surface area (Å²) in [7, 11) is 0. The van der Waals surface area contributed by atoms with Crippen molar-refractivity contribution in [1.82, 2.24) is 9.64 Å². The van der Waals surface area contributed by atoms with Crippen LogP contribution in [0.15, 0.2) is 17.1 Å². The lowest BCUT2D eigenvalue weighted by Gasteiger charge is -1.73. The standard InChI is InChI=1S/C3H4ClN3/c1-3-2-7(4)6-5-3/h2H,1H3/q+1. The van der Waals surface area contributed by atoms with Gasteiger partial charge < -0.3 is 0 Å². The van der Waals surface area contributed by atoms with E-state index in [-0.39, 0.29) is 0 Å². The zero-order chi connectivity index (χ0) is 5.28. The van der Waals surface area contributed by atoms with Crippen LogP contribution in [0.3, 0.4) is 0 Å². The summed E-state index contributed by atoms with van der Waals surface area (Å²) in [5, 5.41) is 7.05. The molecule has 4 heteroatoms. The number of rotatable bonds is 0. The third-order valence-corrected chi connectivity index (χ3v) is 0.746. The molecule has 0 amide bonds. The highest BCUT2D eigenvalue weighted by Crippen LogP contribution is 2.04. The summed E-state index contributed by atoms with van der Waals surface area (Å²) in [6, 6.07) is 0. The normalized spacial score (nSPS) is 18.0. The van der Waals surface area contributed by atoms with E-state index in [1.165, 1.54) is 0 Å². The van der Waals surface area contributed by atoms with E-state index in [1.807, 2.05) is 6.92 Å². The Balaban J connectivity index is 2.69. The van der Waals surface area contributed by atoms with Crippen molar-refractivity contribution in [3.63, 3.8) is 0 Å². The van der Waals surface area contributed by atoms with Crippen molar-refractivity contribution >= 4 is 11.8 Å². The molecule has 0 aromatic carbocycles. The van der Waals surface area contributed by atoms with Crippen LogP contribution >= 0.6 is 11.8 Å². The third-order valence-electron chi connectivity index (χ3n) is 0.581. The molecule has 0 spiro atoms. The van der Waals surface area contributed by atoms with Gasteiger partial charge in [-0.25, -0.2) is 0 Å². The molecule has 1 radical (unpaired) electrons. The Morgan fingerprint density at radius 1 is 2.00 bits per heavy atom. The highest BCUT2D eigenvalue weighted by Gasteiger charge is 2.12. The SMILES string of the molecule is CC1=CN(Cl)N=[N+]1. The molecule has 0 atom stereocenters. The maximum Gasteiger partial charge on any atom is 0.220 e. The lowest BCUT2D eigenvalue weighted by molar-refractivity contribution is 0.622. The molecule has 0 aromatic heterocycles. The Labute approximate surface area is 46.4 Å². The molecule has 3 nitrogen and oxygen atoms in total. The van der Waals surface area contributed by atoms with Gasteiger partial charge in [-0.1, -0.05) is 0 Å². The molecule has 1 aliphatic heterocycles. The molecule has 1 rings (SSSR count). The minimum atomic E-state index is 0.829. The van der Waals surface area contributed by atoms with E-state index in [9.17, 15) is 0 Å². The fourth-order valence-corrected chi connectivity index (χ4v) is 0.494. The van der Waals surface area contributed by atoms with Crippen LogP contribution in [0.5, 0.6) is 0 Å². The summed E-state index contributed by atoms with van der Waals surface area (Å²) in [5.74, 6) is 0. The monoisotopic (exact) mass is 117 g/mol. The Morgan fingerprint density at radius 3 is 2.86 bits per heavy atom. The van der Waals surface area contributed by atoms with E-state index in [2.05, 4.69) is 10.3 Å². The van der Waals surface area contributed by atoms with Crippen LogP contribution in [0.4, 0.5) is 0 Å². The van der Waals surface area contributed by atoms with Crippen molar-refractivity contribution in [1.29, 1.82) is 0 Å². The molecule has 0 saturated heterocycles. The zero-order valence-electron chi connectivity index (χ0n) is 3.80. The van der Waals surface area contributed by atoms with E-state index in [0.717, 1.165) is 10.2 Å². The Kier molecular flexibility index (Phi) is 0.982. The first-order chi connectivity index (χ1) is 3.29. The van der Waals surface area contributed by atoms with E-state index >= 15 is 0 Å². The smallest absolute Gasteiger partial charge is 0.0278 e. The molecule has 1 heterocycles.